The molecule has 2 saturated heterocycles. The summed E-state index contributed by atoms with van der Waals surface area (Å²) in [5.74, 6) is 0.824. The van der Waals surface area contributed by atoms with Gasteiger partial charge in [0, 0.05) is 38.9 Å². The van der Waals surface area contributed by atoms with Gasteiger partial charge in [-0.2, -0.15) is 0 Å². The van der Waals surface area contributed by atoms with E-state index in [1.807, 2.05) is 12.3 Å². The van der Waals surface area contributed by atoms with Gasteiger partial charge in [0.05, 0.1) is 31.1 Å². The van der Waals surface area contributed by atoms with Gasteiger partial charge in [0.2, 0.25) is 5.95 Å². The Labute approximate surface area is 126 Å². The largest absolute Gasteiger partial charge is 0.378 e. The molecule has 0 bridgehead atoms. The van der Waals surface area contributed by atoms with Crippen molar-refractivity contribution in [1.29, 1.82) is 0 Å². The smallest absolute Gasteiger partial charge is 0.225 e. The quantitative estimate of drug-likeness (QED) is 0.826. The zero-order valence-electron chi connectivity index (χ0n) is 12.9. The van der Waals surface area contributed by atoms with E-state index in [-0.39, 0.29) is 12.2 Å². The highest BCUT2D eigenvalue weighted by Gasteiger charge is 2.22. The third-order valence-corrected chi connectivity index (χ3v) is 3.88. The summed E-state index contributed by atoms with van der Waals surface area (Å²) in [5.41, 5.74) is 1.08. The van der Waals surface area contributed by atoms with Crippen LogP contribution in [-0.4, -0.2) is 66.5 Å². The van der Waals surface area contributed by atoms with Gasteiger partial charge in [0.25, 0.3) is 0 Å². The molecule has 3 heterocycles. The van der Waals surface area contributed by atoms with E-state index in [1.54, 1.807) is 0 Å². The fourth-order valence-corrected chi connectivity index (χ4v) is 3.03. The van der Waals surface area contributed by atoms with Crippen molar-refractivity contribution in [2.24, 2.45) is 0 Å². The van der Waals surface area contributed by atoms with Gasteiger partial charge in [-0.05, 0) is 19.9 Å². The zero-order chi connectivity index (χ0) is 14.7. The second kappa shape index (κ2) is 6.68. The van der Waals surface area contributed by atoms with E-state index in [9.17, 15) is 0 Å². The Morgan fingerprint density at radius 2 is 1.90 bits per heavy atom. The number of morpholine rings is 2. The number of ether oxygens (including phenoxy) is 2. The molecular formula is C15H24N4O2. The lowest BCUT2D eigenvalue weighted by Gasteiger charge is -2.35. The molecule has 0 N–H and O–H groups in total. The summed E-state index contributed by atoms with van der Waals surface area (Å²) >= 11 is 0. The molecule has 0 saturated carbocycles. The number of aromatic nitrogens is 2. The first-order valence-electron chi connectivity index (χ1n) is 7.73. The van der Waals surface area contributed by atoms with Crippen LogP contribution in [0.4, 0.5) is 5.95 Å². The number of rotatable bonds is 3. The molecule has 2 aliphatic heterocycles. The summed E-state index contributed by atoms with van der Waals surface area (Å²) in [5, 5.41) is 0. The third-order valence-electron chi connectivity index (χ3n) is 3.88. The standard InChI is InChI=1S/C15H24N4O2/c1-12-9-18(10-13(2)21-12)11-14-3-4-16-15(17-14)19-5-7-20-8-6-19/h3-4,12-13H,5-11H2,1-2H3/t12-,13-/m1/s1. The van der Waals surface area contributed by atoms with Crippen molar-refractivity contribution in [2.75, 3.05) is 44.3 Å². The van der Waals surface area contributed by atoms with Crippen LogP contribution in [0.15, 0.2) is 12.3 Å². The van der Waals surface area contributed by atoms with Gasteiger partial charge in [-0.15, -0.1) is 0 Å². The van der Waals surface area contributed by atoms with Gasteiger partial charge in [0.15, 0.2) is 0 Å². The van der Waals surface area contributed by atoms with Crippen molar-refractivity contribution in [3.05, 3.63) is 18.0 Å². The molecule has 21 heavy (non-hydrogen) atoms. The molecule has 3 rings (SSSR count). The van der Waals surface area contributed by atoms with E-state index in [0.29, 0.717) is 0 Å². The van der Waals surface area contributed by atoms with Crippen LogP contribution in [0.25, 0.3) is 0 Å². The van der Waals surface area contributed by atoms with Crippen LogP contribution in [-0.2, 0) is 16.0 Å². The van der Waals surface area contributed by atoms with Crippen molar-refractivity contribution in [1.82, 2.24) is 14.9 Å². The van der Waals surface area contributed by atoms with Gasteiger partial charge in [-0.1, -0.05) is 0 Å². The number of nitrogens with zero attached hydrogens (tertiary/aromatic N) is 4. The first kappa shape index (κ1) is 14.7. The molecule has 1 aromatic heterocycles. The molecule has 1 aromatic rings. The molecule has 0 aromatic carbocycles. The van der Waals surface area contributed by atoms with Gasteiger partial charge >= 0.3 is 0 Å². The fraction of sp³-hybridized carbons (Fsp3) is 0.733. The van der Waals surface area contributed by atoms with E-state index < -0.39 is 0 Å². The van der Waals surface area contributed by atoms with Crippen LogP contribution in [0.3, 0.4) is 0 Å². The predicted octanol–water partition coefficient (Wildman–Crippen LogP) is 0.922. The van der Waals surface area contributed by atoms with Crippen molar-refractivity contribution >= 4 is 5.95 Å². The number of hydrogen-bond acceptors (Lipinski definition) is 6. The highest BCUT2D eigenvalue weighted by Crippen LogP contribution is 2.15. The lowest BCUT2D eigenvalue weighted by molar-refractivity contribution is -0.0707. The van der Waals surface area contributed by atoms with Crippen LogP contribution in [0.1, 0.15) is 19.5 Å². The minimum atomic E-state index is 0.286. The average Bonchev–Trinajstić information content (AvgIpc) is 2.47. The highest BCUT2D eigenvalue weighted by molar-refractivity contribution is 5.30. The highest BCUT2D eigenvalue weighted by atomic mass is 16.5. The van der Waals surface area contributed by atoms with Crippen LogP contribution in [0, 0.1) is 0 Å². The first-order chi connectivity index (χ1) is 10.2. The van der Waals surface area contributed by atoms with Crippen molar-refractivity contribution in [3.63, 3.8) is 0 Å². The van der Waals surface area contributed by atoms with Crippen LogP contribution in [0.5, 0.6) is 0 Å². The van der Waals surface area contributed by atoms with E-state index in [1.165, 1.54) is 0 Å². The molecule has 2 atom stereocenters. The minimum Gasteiger partial charge on any atom is -0.378 e. The van der Waals surface area contributed by atoms with Crippen molar-refractivity contribution in [2.45, 2.75) is 32.6 Å². The molecule has 0 unspecified atom stereocenters. The van der Waals surface area contributed by atoms with E-state index in [4.69, 9.17) is 14.5 Å². The predicted molar refractivity (Wildman–Crippen MR) is 80.4 cm³/mol. The second-order valence-corrected chi connectivity index (χ2v) is 5.90. The lowest BCUT2D eigenvalue weighted by Crippen LogP contribution is -2.45. The maximum Gasteiger partial charge on any atom is 0.225 e. The average molecular weight is 292 g/mol. The Morgan fingerprint density at radius 1 is 1.19 bits per heavy atom. The summed E-state index contributed by atoms with van der Waals surface area (Å²) in [4.78, 5) is 13.7. The molecular weight excluding hydrogens is 268 g/mol. The fourth-order valence-electron chi connectivity index (χ4n) is 3.03. The molecule has 2 fully saturated rings. The maximum atomic E-state index is 5.78. The molecule has 0 spiro atoms. The van der Waals surface area contributed by atoms with Gasteiger partial charge in [0.1, 0.15) is 0 Å². The van der Waals surface area contributed by atoms with E-state index in [2.05, 4.69) is 28.6 Å². The summed E-state index contributed by atoms with van der Waals surface area (Å²) in [6.45, 7) is 10.3. The van der Waals surface area contributed by atoms with Crippen LogP contribution >= 0.6 is 0 Å². The molecule has 0 radical (unpaired) electrons. The van der Waals surface area contributed by atoms with Gasteiger partial charge < -0.3 is 14.4 Å². The summed E-state index contributed by atoms with van der Waals surface area (Å²) in [6.07, 6.45) is 2.43. The molecule has 6 heteroatoms. The Hall–Kier alpha value is -1.24. The Bertz CT molecular complexity index is 455. The van der Waals surface area contributed by atoms with Crippen molar-refractivity contribution < 1.29 is 9.47 Å². The Morgan fingerprint density at radius 3 is 2.62 bits per heavy atom. The number of anilines is 1. The normalized spacial score (nSPS) is 27.8. The minimum absolute atomic E-state index is 0.286. The maximum absolute atomic E-state index is 5.78. The zero-order valence-corrected chi connectivity index (χ0v) is 12.9. The molecule has 0 amide bonds. The van der Waals surface area contributed by atoms with Gasteiger partial charge in [-0.3, -0.25) is 4.90 Å². The molecule has 2 aliphatic rings. The Kier molecular flexibility index (Phi) is 4.67. The first-order valence-corrected chi connectivity index (χ1v) is 7.73. The Balaban J connectivity index is 1.65. The van der Waals surface area contributed by atoms with E-state index >= 15 is 0 Å². The third kappa shape index (κ3) is 3.90. The molecule has 0 aliphatic carbocycles. The molecule has 6 nitrogen and oxygen atoms in total. The SMILES string of the molecule is C[C@@H]1CN(Cc2ccnc(N3CCOCC3)n2)C[C@@H](C)O1. The van der Waals surface area contributed by atoms with Crippen LogP contribution in [0.2, 0.25) is 0 Å². The van der Waals surface area contributed by atoms with E-state index in [0.717, 1.165) is 57.6 Å². The summed E-state index contributed by atoms with van der Waals surface area (Å²) in [7, 11) is 0. The molecule has 116 valence electrons. The van der Waals surface area contributed by atoms with Crippen molar-refractivity contribution in [3.8, 4) is 0 Å². The topological polar surface area (TPSA) is 50.7 Å². The van der Waals surface area contributed by atoms with Gasteiger partial charge in [-0.25, -0.2) is 9.97 Å². The lowest BCUT2D eigenvalue weighted by atomic mass is 10.2. The number of hydrogen-bond donors (Lipinski definition) is 0. The summed E-state index contributed by atoms with van der Waals surface area (Å²) < 4.78 is 11.2. The monoisotopic (exact) mass is 292 g/mol. The summed E-state index contributed by atoms with van der Waals surface area (Å²) in [6, 6.07) is 2.01. The van der Waals surface area contributed by atoms with Crippen LogP contribution < -0.4 is 4.90 Å². The second-order valence-electron chi connectivity index (χ2n) is 5.90.